The summed E-state index contributed by atoms with van der Waals surface area (Å²) in [6.45, 7) is 1.62. The molecule has 3 aromatic rings. The Morgan fingerprint density at radius 2 is 1.59 bits per heavy atom. The summed E-state index contributed by atoms with van der Waals surface area (Å²) in [4.78, 5) is 38.1. The number of imide groups is 1. The van der Waals surface area contributed by atoms with E-state index in [-0.39, 0.29) is 5.69 Å². The number of nitrogens with one attached hydrogen (secondary N) is 2. The molecule has 2 N–H and O–H groups in total. The van der Waals surface area contributed by atoms with Gasteiger partial charge < -0.3 is 10.1 Å². The van der Waals surface area contributed by atoms with Crippen molar-refractivity contribution in [2.24, 2.45) is 0 Å². The standard InChI is InChI=1S/C20H19N5O4/c1-13-16(24-25(23-13)15-11-7-4-8-12-15)19(27)29-17(14-9-5-3-6-10-14)18(26)22-20(28)21-2/h3-12,17H,1-2H3,(H2,21,22,26,28)/t17-/m0/s1. The Labute approximate surface area is 166 Å². The van der Waals surface area contributed by atoms with Crippen LogP contribution in [0.25, 0.3) is 5.69 Å². The normalized spacial score (nSPS) is 11.4. The molecule has 148 valence electrons. The van der Waals surface area contributed by atoms with Gasteiger partial charge in [0, 0.05) is 12.6 Å². The topological polar surface area (TPSA) is 115 Å². The highest BCUT2D eigenvalue weighted by Crippen LogP contribution is 2.20. The first-order chi connectivity index (χ1) is 14.0. The number of ether oxygens (including phenoxy) is 1. The van der Waals surface area contributed by atoms with Crippen molar-refractivity contribution in [3.05, 3.63) is 77.6 Å². The number of para-hydroxylation sites is 1. The van der Waals surface area contributed by atoms with Crippen molar-refractivity contribution in [3.8, 4) is 5.69 Å². The molecule has 0 aliphatic rings. The van der Waals surface area contributed by atoms with Crippen LogP contribution >= 0.6 is 0 Å². The van der Waals surface area contributed by atoms with Crippen LogP contribution < -0.4 is 10.6 Å². The largest absolute Gasteiger partial charge is 0.442 e. The minimum absolute atomic E-state index is 0.0254. The molecule has 0 aliphatic heterocycles. The van der Waals surface area contributed by atoms with E-state index in [1.54, 1.807) is 49.4 Å². The second kappa shape index (κ2) is 8.79. The smallest absolute Gasteiger partial charge is 0.361 e. The Balaban J connectivity index is 1.86. The molecule has 0 fully saturated rings. The minimum Gasteiger partial charge on any atom is -0.442 e. The molecule has 1 aromatic heterocycles. The third-order valence-corrected chi connectivity index (χ3v) is 3.99. The van der Waals surface area contributed by atoms with Crippen molar-refractivity contribution < 1.29 is 19.1 Å². The molecule has 29 heavy (non-hydrogen) atoms. The van der Waals surface area contributed by atoms with E-state index in [4.69, 9.17) is 4.74 Å². The zero-order valence-electron chi connectivity index (χ0n) is 15.8. The lowest BCUT2D eigenvalue weighted by Gasteiger charge is -2.17. The second-order valence-corrected chi connectivity index (χ2v) is 6.02. The average molecular weight is 393 g/mol. The van der Waals surface area contributed by atoms with E-state index in [1.807, 2.05) is 18.2 Å². The summed E-state index contributed by atoms with van der Waals surface area (Å²) in [5.74, 6) is -1.61. The molecule has 3 amide bonds. The van der Waals surface area contributed by atoms with Crippen LogP contribution in [0, 0.1) is 6.92 Å². The summed E-state index contributed by atoms with van der Waals surface area (Å²) in [7, 11) is 1.37. The molecule has 0 radical (unpaired) electrons. The van der Waals surface area contributed by atoms with Crippen molar-refractivity contribution in [1.82, 2.24) is 25.6 Å². The van der Waals surface area contributed by atoms with Crippen LogP contribution in [-0.4, -0.2) is 39.9 Å². The molecule has 0 unspecified atom stereocenters. The molecular weight excluding hydrogens is 374 g/mol. The Morgan fingerprint density at radius 1 is 0.966 bits per heavy atom. The van der Waals surface area contributed by atoms with Crippen LogP contribution in [0.15, 0.2) is 60.7 Å². The third-order valence-electron chi connectivity index (χ3n) is 3.99. The van der Waals surface area contributed by atoms with E-state index in [0.29, 0.717) is 16.9 Å². The molecule has 0 aliphatic carbocycles. The molecule has 9 nitrogen and oxygen atoms in total. The monoisotopic (exact) mass is 393 g/mol. The second-order valence-electron chi connectivity index (χ2n) is 6.02. The summed E-state index contributed by atoms with van der Waals surface area (Å²) in [5.41, 5.74) is 1.40. The van der Waals surface area contributed by atoms with E-state index in [0.717, 1.165) is 0 Å². The number of urea groups is 1. The van der Waals surface area contributed by atoms with Gasteiger partial charge in [0.2, 0.25) is 6.10 Å². The predicted octanol–water partition coefficient (Wildman–Crippen LogP) is 1.93. The number of aryl methyl sites for hydroxylation is 1. The molecule has 0 saturated carbocycles. The van der Waals surface area contributed by atoms with Crippen LogP contribution in [0.4, 0.5) is 4.79 Å². The molecular formula is C20H19N5O4. The number of carbonyl (C=O) groups excluding carboxylic acids is 3. The van der Waals surface area contributed by atoms with Crippen molar-refractivity contribution in [2.45, 2.75) is 13.0 Å². The van der Waals surface area contributed by atoms with Crippen LogP contribution in [0.1, 0.15) is 27.8 Å². The lowest BCUT2D eigenvalue weighted by Crippen LogP contribution is -2.41. The number of benzene rings is 2. The van der Waals surface area contributed by atoms with Gasteiger partial charge in [-0.05, 0) is 19.1 Å². The maximum absolute atomic E-state index is 12.7. The Hall–Kier alpha value is -4.01. The van der Waals surface area contributed by atoms with Gasteiger partial charge in [0.15, 0.2) is 5.69 Å². The highest BCUT2D eigenvalue weighted by molar-refractivity contribution is 5.98. The quantitative estimate of drug-likeness (QED) is 0.640. The Morgan fingerprint density at radius 3 is 2.21 bits per heavy atom. The number of hydrogen-bond donors (Lipinski definition) is 2. The Bertz CT molecular complexity index is 1020. The van der Waals surface area contributed by atoms with Gasteiger partial charge in [-0.15, -0.1) is 5.10 Å². The molecule has 3 rings (SSSR count). The van der Waals surface area contributed by atoms with Gasteiger partial charge in [-0.25, -0.2) is 9.59 Å². The number of esters is 1. The summed E-state index contributed by atoms with van der Waals surface area (Å²) < 4.78 is 5.41. The van der Waals surface area contributed by atoms with Crippen molar-refractivity contribution in [3.63, 3.8) is 0 Å². The summed E-state index contributed by atoms with van der Waals surface area (Å²) in [6.07, 6.45) is -1.33. The van der Waals surface area contributed by atoms with E-state index >= 15 is 0 Å². The third kappa shape index (κ3) is 4.64. The zero-order chi connectivity index (χ0) is 20.8. The lowest BCUT2D eigenvalue weighted by atomic mass is 10.1. The number of hydrogen-bond acceptors (Lipinski definition) is 6. The molecule has 1 heterocycles. The number of aromatic nitrogens is 3. The first-order valence-corrected chi connectivity index (χ1v) is 8.77. The molecule has 1 atom stereocenters. The maximum Gasteiger partial charge on any atom is 0.361 e. The maximum atomic E-state index is 12.7. The van der Waals surface area contributed by atoms with Crippen LogP contribution in [0.2, 0.25) is 0 Å². The number of nitrogens with zero attached hydrogens (tertiary/aromatic N) is 3. The van der Waals surface area contributed by atoms with Crippen LogP contribution in [0.3, 0.4) is 0 Å². The average Bonchev–Trinajstić information content (AvgIpc) is 3.14. The zero-order valence-corrected chi connectivity index (χ0v) is 15.8. The van der Waals surface area contributed by atoms with Gasteiger partial charge in [0.05, 0.1) is 11.4 Å². The van der Waals surface area contributed by atoms with E-state index in [2.05, 4.69) is 20.8 Å². The number of carbonyl (C=O) groups is 3. The lowest BCUT2D eigenvalue weighted by molar-refractivity contribution is -0.129. The fourth-order valence-electron chi connectivity index (χ4n) is 2.55. The fourth-order valence-corrected chi connectivity index (χ4v) is 2.55. The first-order valence-electron chi connectivity index (χ1n) is 8.77. The highest BCUT2D eigenvalue weighted by atomic mass is 16.5. The van der Waals surface area contributed by atoms with Crippen LogP contribution in [0.5, 0.6) is 0 Å². The van der Waals surface area contributed by atoms with Crippen molar-refractivity contribution >= 4 is 17.9 Å². The van der Waals surface area contributed by atoms with Crippen LogP contribution in [-0.2, 0) is 9.53 Å². The molecule has 2 aromatic carbocycles. The van der Waals surface area contributed by atoms with Gasteiger partial charge in [0.1, 0.15) is 0 Å². The van der Waals surface area contributed by atoms with Crippen molar-refractivity contribution in [2.75, 3.05) is 7.05 Å². The van der Waals surface area contributed by atoms with Crippen molar-refractivity contribution in [1.29, 1.82) is 0 Å². The summed E-state index contributed by atoms with van der Waals surface area (Å²) in [5, 5.41) is 12.8. The number of amides is 3. The molecule has 0 spiro atoms. The van der Waals surface area contributed by atoms with E-state index < -0.39 is 24.0 Å². The predicted molar refractivity (Wildman–Crippen MR) is 103 cm³/mol. The molecule has 0 saturated heterocycles. The minimum atomic E-state index is -1.33. The van der Waals surface area contributed by atoms with Gasteiger partial charge >= 0.3 is 12.0 Å². The number of rotatable bonds is 5. The molecule has 0 bridgehead atoms. The van der Waals surface area contributed by atoms with E-state index in [9.17, 15) is 14.4 Å². The summed E-state index contributed by atoms with van der Waals surface area (Å²) >= 11 is 0. The van der Waals surface area contributed by atoms with E-state index in [1.165, 1.54) is 11.8 Å². The van der Waals surface area contributed by atoms with Gasteiger partial charge in [0.25, 0.3) is 5.91 Å². The SMILES string of the molecule is CNC(=O)NC(=O)[C@@H](OC(=O)c1nn(-c2ccccc2)nc1C)c1ccccc1. The highest BCUT2D eigenvalue weighted by Gasteiger charge is 2.29. The molecule has 9 heteroatoms. The summed E-state index contributed by atoms with van der Waals surface area (Å²) in [6, 6.07) is 16.7. The van der Waals surface area contributed by atoms with Gasteiger partial charge in [-0.3, -0.25) is 10.1 Å². The van der Waals surface area contributed by atoms with Gasteiger partial charge in [-0.2, -0.15) is 9.90 Å². The first kappa shape index (κ1) is 19.7. The Kier molecular flexibility index (Phi) is 5.98. The fraction of sp³-hybridized carbons (Fsp3) is 0.150. The van der Waals surface area contributed by atoms with Gasteiger partial charge in [-0.1, -0.05) is 48.5 Å².